The number of hydrogen-bond acceptors (Lipinski definition) is 2. The summed E-state index contributed by atoms with van der Waals surface area (Å²) in [5.74, 6) is 0. The zero-order valence-corrected chi connectivity index (χ0v) is 9.65. The van der Waals surface area contributed by atoms with Gasteiger partial charge in [0.1, 0.15) is 11.8 Å². The number of carbonyl (C=O) groups excluding carboxylic acids is 1. The Morgan fingerprint density at radius 1 is 1.62 bits per heavy atom. The zero-order chi connectivity index (χ0) is 10.5. The van der Waals surface area contributed by atoms with Crippen molar-refractivity contribution in [2.24, 2.45) is 0 Å². The third-order valence-electron chi connectivity index (χ3n) is 1.03. The summed E-state index contributed by atoms with van der Waals surface area (Å²) < 4.78 is 17.5. The number of ether oxygens (including phenoxy) is 1. The van der Waals surface area contributed by atoms with Crippen molar-refractivity contribution in [1.29, 1.82) is 0 Å². The van der Waals surface area contributed by atoms with Crippen molar-refractivity contribution in [2.45, 2.75) is 32.5 Å². The normalized spacial score (nSPS) is 13.6. The fourth-order valence-corrected chi connectivity index (χ4v) is 0.792. The van der Waals surface area contributed by atoms with Crippen molar-refractivity contribution in [1.82, 2.24) is 5.32 Å². The lowest BCUT2D eigenvalue weighted by atomic mass is 10.2. The highest BCUT2D eigenvalue weighted by Crippen LogP contribution is 2.06. The van der Waals surface area contributed by atoms with Gasteiger partial charge >= 0.3 is 6.09 Å². The molecule has 5 heteroatoms. The largest absolute Gasteiger partial charge is 0.444 e. The molecule has 0 bridgehead atoms. The summed E-state index contributed by atoms with van der Waals surface area (Å²) in [6, 6.07) is 0. The van der Waals surface area contributed by atoms with Crippen LogP contribution in [0.4, 0.5) is 9.18 Å². The minimum atomic E-state index is -1.08. The molecule has 1 unspecified atom stereocenters. The van der Waals surface area contributed by atoms with Crippen LogP contribution in [-0.4, -0.2) is 29.7 Å². The average molecular weight is 256 g/mol. The summed E-state index contributed by atoms with van der Waals surface area (Å²) in [4.78, 5) is 11.0. The Bertz CT molecular complexity index is 170. The molecule has 0 aromatic rings. The van der Waals surface area contributed by atoms with E-state index in [1.807, 2.05) is 0 Å². The van der Waals surface area contributed by atoms with Gasteiger partial charge < -0.3 is 10.1 Å². The van der Waals surface area contributed by atoms with Crippen molar-refractivity contribution in [2.75, 3.05) is 11.9 Å². The van der Waals surface area contributed by atoms with Crippen LogP contribution in [0.2, 0.25) is 0 Å². The zero-order valence-electron chi connectivity index (χ0n) is 8.06. The molecule has 0 fully saturated rings. The van der Waals surface area contributed by atoms with Crippen LogP contribution in [0.1, 0.15) is 20.8 Å². The Morgan fingerprint density at radius 2 is 2.15 bits per heavy atom. The SMILES string of the molecule is CC(C)(C)OC(=O)NCC(F)CBr. The van der Waals surface area contributed by atoms with E-state index < -0.39 is 17.9 Å². The van der Waals surface area contributed by atoms with Gasteiger partial charge in [-0.15, -0.1) is 0 Å². The van der Waals surface area contributed by atoms with Crippen LogP contribution < -0.4 is 5.32 Å². The van der Waals surface area contributed by atoms with E-state index in [2.05, 4.69) is 21.2 Å². The van der Waals surface area contributed by atoms with Crippen LogP contribution in [0, 0.1) is 0 Å². The molecule has 0 spiro atoms. The highest BCUT2D eigenvalue weighted by atomic mass is 79.9. The Morgan fingerprint density at radius 3 is 2.54 bits per heavy atom. The van der Waals surface area contributed by atoms with E-state index in [0.717, 1.165) is 0 Å². The standard InChI is InChI=1S/C8H15BrFNO2/c1-8(2,3)13-7(12)11-5-6(10)4-9/h6H,4-5H2,1-3H3,(H,11,12). The van der Waals surface area contributed by atoms with Gasteiger partial charge in [0.25, 0.3) is 0 Å². The van der Waals surface area contributed by atoms with Gasteiger partial charge in [-0.05, 0) is 20.8 Å². The van der Waals surface area contributed by atoms with Crippen molar-refractivity contribution in [3.8, 4) is 0 Å². The quantitative estimate of drug-likeness (QED) is 0.786. The molecule has 1 amide bonds. The molecule has 1 atom stereocenters. The summed E-state index contributed by atoms with van der Waals surface area (Å²) >= 11 is 2.96. The lowest BCUT2D eigenvalue weighted by Crippen LogP contribution is -2.36. The highest BCUT2D eigenvalue weighted by Gasteiger charge is 2.16. The molecule has 78 valence electrons. The van der Waals surface area contributed by atoms with E-state index in [-0.39, 0.29) is 11.9 Å². The Balaban J connectivity index is 3.64. The summed E-state index contributed by atoms with van der Waals surface area (Å²) in [7, 11) is 0. The third kappa shape index (κ3) is 8.02. The van der Waals surface area contributed by atoms with Gasteiger partial charge in [0.05, 0.1) is 6.54 Å². The van der Waals surface area contributed by atoms with Crippen LogP contribution in [0.25, 0.3) is 0 Å². The van der Waals surface area contributed by atoms with Crippen molar-refractivity contribution >= 4 is 22.0 Å². The molecule has 0 rings (SSSR count). The minimum absolute atomic E-state index is 0.0276. The van der Waals surface area contributed by atoms with Gasteiger partial charge in [-0.1, -0.05) is 15.9 Å². The topological polar surface area (TPSA) is 38.3 Å². The van der Waals surface area contributed by atoms with E-state index in [1.165, 1.54) is 0 Å². The molecular weight excluding hydrogens is 241 g/mol. The molecule has 0 aromatic carbocycles. The van der Waals surface area contributed by atoms with Gasteiger partial charge in [-0.2, -0.15) is 0 Å². The average Bonchev–Trinajstić information content (AvgIpc) is 1.97. The summed E-state index contributed by atoms with van der Waals surface area (Å²) in [6.07, 6.45) is -1.66. The molecule has 13 heavy (non-hydrogen) atoms. The summed E-state index contributed by atoms with van der Waals surface area (Å²) in [6.45, 7) is 5.23. The predicted molar refractivity (Wildman–Crippen MR) is 52.9 cm³/mol. The molecule has 0 heterocycles. The number of carbonyl (C=O) groups is 1. The van der Waals surface area contributed by atoms with Gasteiger partial charge in [0, 0.05) is 5.33 Å². The van der Waals surface area contributed by atoms with Crippen LogP contribution in [-0.2, 0) is 4.74 Å². The van der Waals surface area contributed by atoms with E-state index in [9.17, 15) is 9.18 Å². The van der Waals surface area contributed by atoms with E-state index in [0.29, 0.717) is 0 Å². The number of nitrogens with one attached hydrogen (secondary N) is 1. The molecule has 0 radical (unpaired) electrons. The number of hydrogen-bond donors (Lipinski definition) is 1. The molecule has 0 aliphatic rings. The van der Waals surface area contributed by atoms with Gasteiger partial charge in [-0.3, -0.25) is 0 Å². The second kappa shape index (κ2) is 5.42. The second-order valence-corrected chi connectivity index (χ2v) is 4.28. The minimum Gasteiger partial charge on any atom is -0.444 e. The molecule has 0 aliphatic carbocycles. The van der Waals surface area contributed by atoms with Crippen molar-refractivity contribution < 1.29 is 13.9 Å². The van der Waals surface area contributed by atoms with Crippen molar-refractivity contribution in [3.05, 3.63) is 0 Å². The number of rotatable bonds is 3. The van der Waals surface area contributed by atoms with Crippen molar-refractivity contribution in [3.63, 3.8) is 0 Å². The van der Waals surface area contributed by atoms with E-state index in [1.54, 1.807) is 20.8 Å². The first kappa shape index (κ1) is 12.7. The van der Waals surface area contributed by atoms with Crippen LogP contribution in [0.3, 0.4) is 0 Å². The van der Waals surface area contributed by atoms with Crippen LogP contribution in [0.5, 0.6) is 0 Å². The lowest BCUT2D eigenvalue weighted by molar-refractivity contribution is 0.0516. The van der Waals surface area contributed by atoms with Gasteiger partial charge in [-0.25, -0.2) is 9.18 Å². The first-order valence-corrected chi connectivity index (χ1v) is 5.14. The first-order chi connectivity index (χ1) is 5.85. The number of alkyl halides is 2. The van der Waals surface area contributed by atoms with E-state index >= 15 is 0 Å². The number of alkyl carbamates (subject to hydrolysis) is 1. The maximum absolute atomic E-state index is 12.6. The maximum Gasteiger partial charge on any atom is 0.407 e. The van der Waals surface area contributed by atoms with Crippen LogP contribution >= 0.6 is 15.9 Å². The third-order valence-corrected chi connectivity index (χ3v) is 1.74. The van der Waals surface area contributed by atoms with E-state index in [4.69, 9.17) is 4.74 Å². The molecule has 0 aromatic heterocycles. The van der Waals surface area contributed by atoms with Gasteiger partial charge in [0.2, 0.25) is 0 Å². The fraction of sp³-hybridized carbons (Fsp3) is 0.875. The number of halogens is 2. The molecule has 0 saturated carbocycles. The molecule has 0 saturated heterocycles. The Labute approximate surface area is 86.2 Å². The van der Waals surface area contributed by atoms with Crippen LogP contribution in [0.15, 0.2) is 0 Å². The monoisotopic (exact) mass is 255 g/mol. The summed E-state index contributed by atoms with van der Waals surface area (Å²) in [5.41, 5.74) is -0.537. The molecular formula is C8H15BrFNO2. The smallest absolute Gasteiger partial charge is 0.407 e. The molecule has 1 N–H and O–H groups in total. The van der Waals surface area contributed by atoms with Gasteiger partial charge in [0.15, 0.2) is 0 Å². The Hall–Kier alpha value is -0.320. The second-order valence-electron chi connectivity index (χ2n) is 3.63. The fourth-order valence-electron chi connectivity index (χ4n) is 0.563. The first-order valence-electron chi connectivity index (χ1n) is 4.02. The molecule has 0 aliphatic heterocycles. The maximum atomic E-state index is 12.6. The highest BCUT2D eigenvalue weighted by molar-refractivity contribution is 9.09. The lowest BCUT2D eigenvalue weighted by Gasteiger charge is -2.19. The number of amides is 1. The summed E-state index contributed by atoms with van der Waals surface area (Å²) in [5, 5.41) is 2.53. The predicted octanol–water partition coefficient (Wildman–Crippen LogP) is 2.24. The molecule has 3 nitrogen and oxygen atoms in total. The Kier molecular flexibility index (Phi) is 5.29.